The molecule has 19 heavy (non-hydrogen) atoms. The number of halogens is 1. The summed E-state index contributed by atoms with van der Waals surface area (Å²) in [5.41, 5.74) is 7.90. The van der Waals surface area contributed by atoms with Crippen molar-refractivity contribution in [3.05, 3.63) is 23.2 Å². The molecule has 1 heterocycles. The predicted octanol–water partition coefficient (Wildman–Crippen LogP) is 3.03. The molecule has 0 aliphatic rings. The minimum Gasteiger partial charge on any atom is -0.369 e. The maximum Gasteiger partial charge on any atom is 0.201 e. The molecule has 0 spiro atoms. The summed E-state index contributed by atoms with van der Waals surface area (Å²) < 4.78 is 2.10. The highest BCUT2D eigenvalue weighted by Crippen LogP contribution is 2.31. The van der Waals surface area contributed by atoms with E-state index in [2.05, 4.69) is 42.4 Å². The molecule has 0 saturated heterocycles. The minimum absolute atomic E-state index is 0.276. The van der Waals surface area contributed by atoms with Gasteiger partial charge in [0.05, 0.1) is 16.6 Å². The number of para-hydroxylation sites is 1. The summed E-state index contributed by atoms with van der Waals surface area (Å²) in [5, 5.41) is 0.648. The molecule has 2 N–H and O–H groups in total. The fourth-order valence-corrected chi connectivity index (χ4v) is 2.63. The lowest BCUT2D eigenvalue weighted by Crippen LogP contribution is -2.28. The van der Waals surface area contributed by atoms with Gasteiger partial charge in [0.15, 0.2) is 0 Å². The molecular formula is C14H21ClN4. The van der Waals surface area contributed by atoms with Crippen LogP contribution in [-0.4, -0.2) is 35.1 Å². The van der Waals surface area contributed by atoms with Crippen LogP contribution in [0.4, 0.5) is 5.95 Å². The van der Waals surface area contributed by atoms with Gasteiger partial charge in [-0.25, -0.2) is 4.98 Å². The average Bonchev–Trinajstić information content (AvgIpc) is 2.64. The first-order valence-corrected chi connectivity index (χ1v) is 6.86. The van der Waals surface area contributed by atoms with Gasteiger partial charge >= 0.3 is 0 Å². The second kappa shape index (κ2) is 5.39. The van der Waals surface area contributed by atoms with Crippen molar-refractivity contribution < 1.29 is 0 Å². The number of hydrogen-bond acceptors (Lipinski definition) is 3. The molecule has 0 bridgehead atoms. The van der Waals surface area contributed by atoms with Crippen molar-refractivity contribution in [2.45, 2.75) is 19.9 Å². The Morgan fingerprint density at radius 2 is 2.05 bits per heavy atom. The molecule has 2 aromatic rings. The summed E-state index contributed by atoms with van der Waals surface area (Å²) in [6.45, 7) is 5.31. The average molecular weight is 281 g/mol. The van der Waals surface area contributed by atoms with Gasteiger partial charge in [-0.15, -0.1) is 0 Å². The quantitative estimate of drug-likeness (QED) is 0.936. The molecule has 1 unspecified atom stereocenters. The molecule has 1 aromatic carbocycles. The molecule has 104 valence electrons. The summed E-state index contributed by atoms with van der Waals surface area (Å²) in [7, 11) is 4.13. The topological polar surface area (TPSA) is 47.1 Å². The van der Waals surface area contributed by atoms with Crippen LogP contribution in [-0.2, 0) is 0 Å². The molecule has 1 atom stereocenters. The lowest BCUT2D eigenvalue weighted by atomic mass is 10.0. The molecule has 0 aliphatic carbocycles. The monoisotopic (exact) mass is 280 g/mol. The standard InChI is InChI=1S/C14H21ClN4/c1-9(2)12(8-18(3)4)19-11-7-5-6-10(15)13(11)17-14(19)16/h5-7,9,12H,8H2,1-4H3,(H2,16,17). The third kappa shape index (κ3) is 2.69. The number of nitrogen functional groups attached to an aromatic ring is 1. The Kier molecular flexibility index (Phi) is 4.02. The van der Waals surface area contributed by atoms with Crippen LogP contribution in [0.2, 0.25) is 5.02 Å². The second-order valence-corrected chi connectivity index (χ2v) is 5.93. The first-order valence-electron chi connectivity index (χ1n) is 6.48. The van der Waals surface area contributed by atoms with E-state index in [9.17, 15) is 0 Å². The van der Waals surface area contributed by atoms with Gasteiger partial charge < -0.3 is 15.2 Å². The van der Waals surface area contributed by atoms with Crippen LogP contribution in [0.5, 0.6) is 0 Å². The molecular weight excluding hydrogens is 260 g/mol. The number of aromatic nitrogens is 2. The molecule has 1 aromatic heterocycles. The van der Waals surface area contributed by atoms with Gasteiger partial charge in [0.2, 0.25) is 5.95 Å². The maximum absolute atomic E-state index is 6.19. The Balaban J connectivity index is 2.59. The molecule has 0 aliphatic heterocycles. The summed E-state index contributed by atoms with van der Waals surface area (Å²) in [5.74, 6) is 0.990. The van der Waals surface area contributed by atoms with Crippen molar-refractivity contribution in [2.24, 2.45) is 5.92 Å². The summed E-state index contributed by atoms with van der Waals surface area (Å²) >= 11 is 6.19. The molecule has 0 amide bonds. The number of anilines is 1. The minimum atomic E-state index is 0.276. The number of fused-ring (bicyclic) bond motifs is 1. The van der Waals surface area contributed by atoms with Crippen molar-refractivity contribution in [3.63, 3.8) is 0 Å². The number of nitrogens with zero attached hydrogens (tertiary/aromatic N) is 3. The lowest BCUT2D eigenvalue weighted by Gasteiger charge is -2.27. The third-order valence-corrected chi connectivity index (χ3v) is 3.66. The number of likely N-dealkylation sites (N-methyl/N-ethyl adjacent to an activating group) is 1. The summed E-state index contributed by atoms with van der Waals surface area (Å²) in [6.07, 6.45) is 0. The van der Waals surface area contributed by atoms with Crippen LogP contribution in [0.25, 0.3) is 11.0 Å². The second-order valence-electron chi connectivity index (χ2n) is 5.52. The largest absolute Gasteiger partial charge is 0.369 e. The zero-order chi connectivity index (χ0) is 14.2. The van der Waals surface area contributed by atoms with Crippen molar-refractivity contribution in [2.75, 3.05) is 26.4 Å². The van der Waals surface area contributed by atoms with E-state index < -0.39 is 0 Å². The van der Waals surface area contributed by atoms with Gasteiger partial charge in [-0.2, -0.15) is 0 Å². The lowest BCUT2D eigenvalue weighted by molar-refractivity contribution is 0.275. The Bertz CT molecular complexity index is 574. The number of rotatable bonds is 4. The highest BCUT2D eigenvalue weighted by Gasteiger charge is 2.22. The van der Waals surface area contributed by atoms with Crippen molar-refractivity contribution in [1.82, 2.24) is 14.5 Å². The highest BCUT2D eigenvalue weighted by atomic mass is 35.5. The van der Waals surface area contributed by atoms with Crippen LogP contribution in [0.1, 0.15) is 19.9 Å². The van der Waals surface area contributed by atoms with Crippen LogP contribution in [0, 0.1) is 5.92 Å². The smallest absolute Gasteiger partial charge is 0.201 e. The zero-order valence-corrected chi connectivity index (χ0v) is 12.6. The van der Waals surface area contributed by atoms with E-state index in [1.165, 1.54) is 0 Å². The predicted molar refractivity (Wildman–Crippen MR) is 81.6 cm³/mol. The molecule has 2 rings (SSSR count). The third-order valence-electron chi connectivity index (χ3n) is 3.35. The normalized spacial score (nSPS) is 13.6. The number of hydrogen-bond donors (Lipinski definition) is 1. The first kappa shape index (κ1) is 14.2. The molecule has 0 fully saturated rings. The van der Waals surface area contributed by atoms with Crippen LogP contribution < -0.4 is 5.73 Å². The van der Waals surface area contributed by atoms with Crippen LogP contribution in [0.15, 0.2) is 18.2 Å². The fraction of sp³-hybridized carbons (Fsp3) is 0.500. The van der Waals surface area contributed by atoms with Gasteiger partial charge in [-0.05, 0) is 32.1 Å². The highest BCUT2D eigenvalue weighted by molar-refractivity contribution is 6.35. The van der Waals surface area contributed by atoms with E-state index >= 15 is 0 Å². The van der Waals surface area contributed by atoms with Crippen molar-refractivity contribution >= 4 is 28.6 Å². The SMILES string of the molecule is CC(C)C(CN(C)C)n1c(N)nc2c(Cl)cccc21. The van der Waals surface area contributed by atoms with Gasteiger partial charge in [0, 0.05) is 6.54 Å². The first-order chi connectivity index (χ1) is 8.91. The number of imidazole rings is 1. The molecule has 5 heteroatoms. The van der Waals surface area contributed by atoms with Gasteiger partial charge in [0.1, 0.15) is 5.52 Å². The molecule has 0 radical (unpaired) electrons. The molecule has 0 saturated carbocycles. The van der Waals surface area contributed by atoms with E-state index in [4.69, 9.17) is 17.3 Å². The zero-order valence-electron chi connectivity index (χ0n) is 11.9. The van der Waals surface area contributed by atoms with Crippen LogP contribution in [0.3, 0.4) is 0 Å². The van der Waals surface area contributed by atoms with E-state index in [-0.39, 0.29) is 6.04 Å². The maximum atomic E-state index is 6.19. The van der Waals surface area contributed by atoms with Gasteiger partial charge in [0.25, 0.3) is 0 Å². The van der Waals surface area contributed by atoms with E-state index in [0.29, 0.717) is 16.9 Å². The number of nitrogens with two attached hydrogens (primary N) is 1. The van der Waals surface area contributed by atoms with E-state index in [1.807, 2.05) is 18.2 Å². The Morgan fingerprint density at radius 3 is 2.63 bits per heavy atom. The fourth-order valence-electron chi connectivity index (χ4n) is 2.41. The summed E-state index contributed by atoms with van der Waals surface area (Å²) in [4.78, 5) is 6.58. The Labute approximate surface area is 119 Å². The Morgan fingerprint density at radius 1 is 1.37 bits per heavy atom. The summed E-state index contributed by atoms with van der Waals surface area (Å²) in [6, 6.07) is 6.08. The van der Waals surface area contributed by atoms with Crippen molar-refractivity contribution in [3.8, 4) is 0 Å². The van der Waals surface area contributed by atoms with E-state index in [1.54, 1.807) is 0 Å². The van der Waals surface area contributed by atoms with Gasteiger partial charge in [-0.3, -0.25) is 0 Å². The Hall–Kier alpha value is -1.26. The number of benzene rings is 1. The van der Waals surface area contributed by atoms with Crippen molar-refractivity contribution in [1.29, 1.82) is 0 Å². The van der Waals surface area contributed by atoms with Gasteiger partial charge in [-0.1, -0.05) is 31.5 Å². The molecule has 4 nitrogen and oxygen atoms in total. The van der Waals surface area contributed by atoms with E-state index in [0.717, 1.165) is 17.6 Å². The van der Waals surface area contributed by atoms with Crippen LogP contribution >= 0.6 is 11.6 Å².